The van der Waals surface area contributed by atoms with Crippen LogP contribution in [0.2, 0.25) is 0 Å². The number of hydrogen-bond donors (Lipinski definition) is 0. The van der Waals surface area contributed by atoms with Crippen molar-refractivity contribution >= 4 is 136 Å². The normalized spacial score (nSPS) is 11.9. The van der Waals surface area contributed by atoms with E-state index in [9.17, 15) is 0 Å². The second-order valence-electron chi connectivity index (χ2n) is 34.6. The molecule has 0 radical (unpaired) electrons. The molecule has 0 nitrogen and oxygen atoms in total. The molecule has 0 saturated carbocycles. The predicted octanol–water partition coefficient (Wildman–Crippen LogP) is 42.3. The van der Waals surface area contributed by atoms with Gasteiger partial charge in [-0.2, -0.15) is 0 Å². The van der Waals surface area contributed by atoms with E-state index in [2.05, 4.69) is 210 Å². The van der Waals surface area contributed by atoms with Crippen molar-refractivity contribution in [1.29, 1.82) is 0 Å². The molecule has 12 aromatic heterocycles. The van der Waals surface area contributed by atoms with Crippen LogP contribution in [0.3, 0.4) is 0 Å². The zero-order valence-electron chi connectivity index (χ0n) is 74.4. The quantitative estimate of drug-likeness (QED) is 0.0333. The first kappa shape index (κ1) is 94.5. The second kappa shape index (κ2) is 52.5. The number of rotatable bonds is 62. The Morgan fingerprint density at radius 1 is 0.143 bits per heavy atom. The van der Waals surface area contributed by atoms with Gasteiger partial charge >= 0.3 is 0 Å². The minimum Gasteiger partial charge on any atom is -0.139 e. The van der Waals surface area contributed by atoms with Gasteiger partial charge in [-0.15, -0.1) is 136 Å². The molecule has 0 atom stereocenters. The van der Waals surface area contributed by atoms with Gasteiger partial charge in [-0.1, -0.05) is 292 Å². The fraction of sp³-hybridized carbons (Fsp3) is 0.551. The largest absolute Gasteiger partial charge is 0.139 e. The van der Waals surface area contributed by atoms with Gasteiger partial charge in [0.2, 0.25) is 0 Å². The molecule has 119 heavy (non-hydrogen) atoms. The summed E-state index contributed by atoms with van der Waals surface area (Å²) in [4.78, 5) is 34.9. The SMILES string of the molecule is CCCCCCCCCCCCc1cc(C)sc1-c1ccc(-c2ccc(-c3sc(-c4cc(CCCCCCCCCCCC)c(-c5ccc(-c6ccc(-c7sc(-c8cc(CCCCCCCCCCCC)c(-c9ccc(-c%10ccc(-c%11sc(C)cc%11CCCCCCC)s%10)s9)s8)cc7CCCCCCC)s6)s5)s4)cc3CCCCCCC)s2)s1. The molecule has 0 aliphatic rings. The molecule has 0 N–H and O–H groups in total. The van der Waals surface area contributed by atoms with Crippen molar-refractivity contribution in [3.8, 4) is 107 Å². The predicted molar refractivity (Wildman–Crippen MR) is 554 cm³/mol. The average Bonchev–Trinajstić information content (AvgIpc) is 1.63. The Balaban J connectivity index is 0.797. The molecule has 644 valence electrons. The minimum absolute atomic E-state index is 1.15. The molecule has 0 saturated heterocycles. The zero-order chi connectivity index (χ0) is 82.6. The Labute approximate surface area is 770 Å². The maximum Gasteiger partial charge on any atom is 0.0481 e. The maximum atomic E-state index is 2.66. The number of unbranched alkanes of at least 4 members (excludes halogenated alkanes) is 39. The van der Waals surface area contributed by atoms with Crippen LogP contribution in [0.15, 0.2) is 109 Å². The Kier molecular flexibility index (Phi) is 41.7. The van der Waals surface area contributed by atoms with E-state index >= 15 is 0 Å². The lowest BCUT2D eigenvalue weighted by atomic mass is 10.0. The van der Waals surface area contributed by atoms with E-state index in [0.717, 1.165) is 25.7 Å². The molecule has 0 amide bonds. The van der Waals surface area contributed by atoms with Crippen LogP contribution < -0.4 is 0 Å². The van der Waals surface area contributed by atoms with E-state index in [-0.39, 0.29) is 0 Å². The standard InChI is InChI=1S/C107H144S12/c1-9-15-21-27-30-33-36-39-45-51-55-81-73-79(8)109-103(81)93-67-61-87(111-93)88-62-68-94(112-88)104-82(56-49-43-25-19-13-5)74-98(116-104)101-77-85(59-53-47-41-38-35-32-29-23-17-11-3)107(119-101)97-71-65-91(115-97)90-64-70-95(114-90)105-83(57-50-44-26-20-14-6)75-99(117-105)100-76-84(58-52-46-40-37-34-31-28-22-16-10-2)106(118-100)96-69-63-89(113-96)86-60-66-92(110-86)102-80(72-78(7)108-102)54-48-42-24-18-12-4/h60-77H,9-59H2,1-8H3. The maximum absolute atomic E-state index is 2.66. The van der Waals surface area contributed by atoms with Gasteiger partial charge in [-0.25, -0.2) is 0 Å². The Bertz CT molecular complexity index is 4790. The molecule has 12 heterocycles. The van der Waals surface area contributed by atoms with Crippen LogP contribution in [0.4, 0.5) is 0 Å². The van der Waals surface area contributed by atoms with E-state index in [1.54, 1.807) is 33.4 Å². The van der Waals surface area contributed by atoms with Crippen LogP contribution in [0.1, 0.15) is 374 Å². The summed E-state index contributed by atoms with van der Waals surface area (Å²) in [5.41, 5.74) is 9.38. The van der Waals surface area contributed by atoms with E-state index in [0.29, 0.717) is 0 Å². The molecular formula is C107H144S12. The molecule has 0 aromatic carbocycles. The molecule has 0 unspecified atom stereocenters. The van der Waals surface area contributed by atoms with Crippen LogP contribution in [-0.4, -0.2) is 0 Å². The van der Waals surface area contributed by atoms with E-state index in [1.165, 1.54) is 419 Å². The van der Waals surface area contributed by atoms with Gasteiger partial charge in [0.1, 0.15) is 0 Å². The van der Waals surface area contributed by atoms with Crippen molar-refractivity contribution < 1.29 is 0 Å². The van der Waals surface area contributed by atoms with Crippen LogP contribution >= 0.6 is 136 Å². The van der Waals surface area contributed by atoms with E-state index in [4.69, 9.17) is 0 Å². The molecule has 0 bridgehead atoms. The number of aryl methyl sites for hydroxylation is 8. The topological polar surface area (TPSA) is 0 Å². The van der Waals surface area contributed by atoms with Gasteiger partial charge in [0, 0.05) is 117 Å². The molecule has 12 rings (SSSR count). The van der Waals surface area contributed by atoms with Gasteiger partial charge in [-0.3, -0.25) is 0 Å². The van der Waals surface area contributed by atoms with Crippen molar-refractivity contribution in [2.75, 3.05) is 0 Å². The second-order valence-corrected chi connectivity index (χ2v) is 47.8. The summed E-state index contributed by atoms with van der Waals surface area (Å²) in [5, 5.41) is 0. The lowest BCUT2D eigenvalue weighted by molar-refractivity contribution is 0.556. The van der Waals surface area contributed by atoms with Gasteiger partial charge in [-0.05, 0) is 233 Å². The highest BCUT2D eigenvalue weighted by molar-refractivity contribution is 7.33. The Hall–Kier alpha value is -3.60. The summed E-state index contributed by atoms with van der Waals surface area (Å²) in [6.07, 6.45) is 67.9. The lowest BCUT2D eigenvalue weighted by Crippen LogP contribution is -1.86. The van der Waals surface area contributed by atoms with Crippen LogP contribution in [-0.2, 0) is 38.5 Å². The third-order valence-electron chi connectivity index (χ3n) is 24.3. The van der Waals surface area contributed by atoms with E-state index in [1.807, 2.05) is 90.7 Å². The third-order valence-corrected chi connectivity index (χ3v) is 39.8. The summed E-state index contributed by atoms with van der Waals surface area (Å²) in [7, 11) is 0. The van der Waals surface area contributed by atoms with Crippen molar-refractivity contribution in [2.45, 2.75) is 383 Å². The molecule has 0 aliphatic heterocycles. The van der Waals surface area contributed by atoms with Gasteiger partial charge in [0.25, 0.3) is 0 Å². The smallest absolute Gasteiger partial charge is 0.0481 e. The third kappa shape index (κ3) is 29.0. The summed E-state index contributed by atoms with van der Waals surface area (Å²) in [6, 6.07) is 45.1. The summed E-state index contributed by atoms with van der Waals surface area (Å²) in [6.45, 7) is 18.6. The van der Waals surface area contributed by atoms with Crippen LogP contribution in [0, 0.1) is 13.8 Å². The van der Waals surface area contributed by atoms with Crippen molar-refractivity contribution in [3.05, 3.63) is 152 Å². The van der Waals surface area contributed by atoms with Crippen molar-refractivity contribution in [1.82, 2.24) is 0 Å². The molecule has 12 heteroatoms. The monoisotopic (exact) mass is 1810 g/mol. The first-order chi connectivity index (χ1) is 58.6. The van der Waals surface area contributed by atoms with Crippen molar-refractivity contribution in [2.24, 2.45) is 0 Å². The fourth-order valence-corrected chi connectivity index (χ4v) is 31.7. The van der Waals surface area contributed by atoms with Crippen LogP contribution in [0.25, 0.3) is 107 Å². The average molecular weight is 1820 g/mol. The molecule has 0 aliphatic carbocycles. The van der Waals surface area contributed by atoms with E-state index < -0.39 is 0 Å². The highest BCUT2D eigenvalue weighted by Gasteiger charge is 2.25. The summed E-state index contributed by atoms with van der Waals surface area (Å²) in [5.74, 6) is 0. The fourth-order valence-electron chi connectivity index (χ4n) is 17.4. The number of thiophene rings is 12. The molecular weight excluding hydrogens is 1670 g/mol. The van der Waals surface area contributed by atoms with Gasteiger partial charge in [0.05, 0.1) is 0 Å². The van der Waals surface area contributed by atoms with Crippen molar-refractivity contribution in [3.63, 3.8) is 0 Å². The first-order valence-electron chi connectivity index (χ1n) is 47.9. The summed E-state index contributed by atoms with van der Waals surface area (Å²) < 4.78 is 0. The zero-order valence-corrected chi connectivity index (χ0v) is 84.2. The minimum atomic E-state index is 1.15. The molecule has 12 aromatic rings. The lowest BCUT2D eigenvalue weighted by Gasteiger charge is -2.04. The van der Waals surface area contributed by atoms with Gasteiger partial charge in [0.15, 0.2) is 0 Å². The Morgan fingerprint density at radius 2 is 0.286 bits per heavy atom. The molecule has 0 fully saturated rings. The number of hydrogen-bond acceptors (Lipinski definition) is 12. The Morgan fingerprint density at radius 3 is 0.462 bits per heavy atom. The highest BCUT2D eigenvalue weighted by atomic mass is 32.1. The first-order valence-corrected chi connectivity index (χ1v) is 57.7. The molecule has 0 spiro atoms. The summed E-state index contributed by atoms with van der Waals surface area (Å²) >= 11 is 24.6. The van der Waals surface area contributed by atoms with Crippen LogP contribution in [0.5, 0.6) is 0 Å². The van der Waals surface area contributed by atoms with Gasteiger partial charge < -0.3 is 0 Å². The highest BCUT2D eigenvalue weighted by Crippen LogP contribution is 2.54.